The van der Waals surface area contributed by atoms with Gasteiger partial charge in [-0.05, 0) is 112 Å². The number of allylic oxidation sites excluding steroid dienone is 1. The van der Waals surface area contributed by atoms with E-state index in [1.807, 2.05) is 99.6 Å². The van der Waals surface area contributed by atoms with Gasteiger partial charge in [-0.2, -0.15) is 0 Å². The molecule has 0 aliphatic carbocycles. The molecular weight excluding hydrogens is 647 g/mol. The van der Waals surface area contributed by atoms with Gasteiger partial charge in [0.25, 0.3) is 11.5 Å². The normalized spacial score (nSPS) is 14.2. The van der Waals surface area contributed by atoms with Crippen molar-refractivity contribution >= 4 is 29.0 Å². The molecule has 1 aliphatic rings. The first kappa shape index (κ1) is 34.5. The molecule has 2 heterocycles. The maximum absolute atomic E-state index is 14.3. The van der Waals surface area contributed by atoms with E-state index in [2.05, 4.69) is 38.2 Å². The average molecular weight is 688 g/mol. The zero-order valence-electron chi connectivity index (χ0n) is 29.2. The smallest absolute Gasteiger partial charge is 0.271 e. The standard InChI is InChI=1S/C41H41N3O5S/c1-7-47-32-17-15-30(16-18-32)38-37(39(45)43-31-12-10-9-11-13-31)28(6)42-41-44(38)40(46)36(50-41)23-29-14-19-34(35(22-29)48-8-2)49-24-33-26(4)20-25(3)21-27(33)5/h9-23,38H,7-8,24H2,1-6H3,(H,43,45)/b36-23-/t38-/m1/s1. The molecule has 0 spiro atoms. The number of thiazole rings is 1. The van der Waals surface area contributed by atoms with Crippen LogP contribution in [-0.2, 0) is 11.4 Å². The highest BCUT2D eigenvalue weighted by atomic mass is 32.1. The van der Waals surface area contributed by atoms with Crippen LogP contribution >= 0.6 is 11.3 Å². The van der Waals surface area contributed by atoms with Crippen LogP contribution in [0.4, 0.5) is 5.69 Å². The SMILES string of the molecule is CCOc1ccc([C@@H]2C(C(=O)Nc3ccccc3)=C(C)N=c3s/c(=C\c4ccc(OCc5c(C)cc(C)cc5C)c(OCC)c4)c(=O)n32)cc1. The minimum absolute atomic E-state index is 0.242. The Bertz CT molecular complexity index is 2230. The van der Waals surface area contributed by atoms with Crippen LogP contribution in [0.2, 0.25) is 0 Å². The Balaban J connectivity index is 1.38. The van der Waals surface area contributed by atoms with Crippen LogP contribution in [0.1, 0.15) is 60.2 Å². The van der Waals surface area contributed by atoms with E-state index in [4.69, 9.17) is 19.2 Å². The number of carbonyl (C=O) groups is 1. The highest BCUT2D eigenvalue weighted by Crippen LogP contribution is 2.33. The van der Waals surface area contributed by atoms with Crippen molar-refractivity contribution in [2.75, 3.05) is 18.5 Å². The Morgan fingerprint density at radius 3 is 2.24 bits per heavy atom. The van der Waals surface area contributed by atoms with Gasteiger partial charge < -0.3 is 19.5 Å². The van der Waals surface area contributed by atoms with Gasteiger partial charge >= 0.3 is 0 Å². The number of aromatic nitrogens is 1. The maximum atomic E-state index is 14.3. The number of ether oxygens (including phenoxy) is 3. The molecule has 4 aromatic carbocycles. The summed E-state index contributed by atoms with van der Waals surface area (Å²) >= 11 is 1.29. The summed E-state index contributed by atoms with van der Waals surface area (Å²) in [6, 6.07) is 26.1. The van der Waals surface area contributed by atoms with Gasteiger partial charge in [0.15, 0.2) is 16.3 Å². The lowest BCUT2D eigenvalue weighted by Gasteiger charge is -2.25. The quantitative estimate of drug-likeness (QED) is 0.159. The fourth-order valence-electron chi connectivity index (χ4n) is 6.30. The van der Waals surface area contributed by atoms with Crippen molar-refractivity contribution in [3.63, 3.8) is 0 Å². The minimum atomic E-state index is -0.698. The number of nitrogens with zero attached hydrogens (tertiary/aromatic N) is 2. The molecule has 0 radical (unpaired) electrons. The van der Waals surface area contributed by atoms with Crippen molar-refractivity contribution in [1.82, 2.24) is 4.57 Å². The fraction of sp³-hybridized carbons (Fsp3) is 0.244. The summed E-state index contributed by atoms with van der Waals surface area (Å²) in [4.78, 5) is 33.5. The van der Waals surface area contributed by atoms with Gasteiger partial charge in [0.1, 0.15) is 12.4 Å². The molecule has 256 valence electrons. The zero-order valence-corrected chi connectivity index (χ0v) is 30.0. The molecule has 1 atom stereocenters. The lowest BCUT2D eigenvalue weighted by Crippen LogP contribution is -2.40. The average Bonchev–Trinajstić information content (AvgIpc) is 3.39. The number of fused-ring (bicyclic) bond motifs is 1. The third-order valence-corrected chi connectivity index (χ3v) is 9.57. The second kappa shape index (κ2) is 15.0. The lowest BCUT2D eigenvalue weighted by atomic mass is 9.95. The van der Waals surface area contributed by atoms with E-state index in [0.29, 0.717) is 63.4 Å². The van der Waals surface area contributed by atoms with Gasteiger partial charge in [-0.25, -0.2) is 4.99 Å². The summed E-state index contributed by atoms with van der Waals surface area (Å²) < 4.78 is 20.0. The van der Waals surface area contributed by atoms with Gasteiger partial charge in [0.2, 0.25) is 0 Å². The highest BCUT2D eigenvalue weighted by Gasteiger charge is 2.32. The van der Waals surface area contributed by atoms with Gasteiger partial charge in [-0.15, -0.1) is 0 Å². The first-order chi connectivity index (χ1) is 24.2. The Hall–Kier alpha value is -5.41. The van der Waals surface area contributed by atoms with Crippen molar-refractivity contribution in [2.45, 2.75) is 54.2 Å². The molecule has 9 heteroatoms. The number of rotatable bonds is 11. The zero-order chi connectivity index (χ0) is 35.4. The predicted octanol–water partition coefficient (Wildman–Crippen LogP) is 7.18. The summed E-state index contributed by atoms with van der Waals surface area (Å²) in [5.41, 5.74) is 7.66. The number of nitrogens with one attached hydrogen (secondary N) is 1. The maximum Gasteiger partial charge on any atom is 0.271 e. The second-order valence-corrected chi connectivity index (χ2v) is 13.2. The molecule has 0 saturated heterocycles. The second-order valence-electron chi connectivity index (χ2n) is 12.2. The Morgan fingerprint density at radius 1 is 0.860 bits per heavy atom. The minimum Gasteiger partial charge on any atom is -0.494 e. The molecule has 8 nitrogen and oxygen atoms in total. The summed E-state index contributed by atoms with van der Waals surface area (Å²) in [6.07, 6.45) is 1.84. The Kier molecular flexibility index (Phi) is 10.3. The third-order valence-electron chi connectivity index (χ3n) is 8.58. The Labute approximate surface area is 296 Å². The number of para-hydroxylation sites is 1. The van der Waals surface area contributed by atoms with Gasteiger partial charge in [0.05, 0.1) is 35.1 Å². The van der Waals surface area contributed by atoms with E-state index < -0.39 is 6.04 Å². The molecule has 6 rings (SSSR count). The number of hydrogen-bond donors (Lipinski definition) is 1. The topological polar surface area (TPSA) is 91.2 Å². The highest BCUT2D eigenvalue weighted by molar-refractivity contribution is 7.07. The van der Waals surface area contributed by atoms with Crippen LogP contribution in [0.15, 0.2) is 106 Å². The summed E-state index contributed by atoms with van der Waals surface area (Å²) in [5, 5.41) is 3.00. The number of carbonyl (C=O) groups excluding carboxylic acids is 1. The molecule has 1 N–H and O–H groups in total. The molecule has 5 aromatic rings. The number of anilines is 1. The van der Waals surface area contributed by atoms with E-state index in [0.717, 1.165) is 16.7 Å². The molecule has 0 saturated carbocycles. The molecule has 50 heavy (non-hydrogen) atoms. The van der Waals surface area contributed by atoms with E-state index in [1.165, 1.54) is 28.0 Å². The number of aryl methyl sites for hydroxylation is 3. The first-order valence-electron chi connectivity index (χ1n) is 16.7. The van der Waals surface area contributed by atoms with Gasteiger partial charge in [-0.1, -0.05) is 65.4 Å². The van der Waals surface area contributed by atoms with Gasteiger partial charge in [0, 0.05) is 5.69 Å². The first-order valence-corrected chi connectivity index (χ1v) is 17.6. The summed E-state index contributed by atoms with van der Waals surface area (Å²) in [6.45, 7) is 13.4. The van der Waals surface area contributed by atoms with E-state index in [1.54, 1.807) is 4.57 Å². The Morgan fingerprint density at radius 2 is 1.56 bits per heavy atom. The molecule has 0 unspecified atom stereocenters. The number of hydrogen-bond acceptors (Lipinski definition) is 7. The van der Waals surface area contributed by atoms with Gasteiger partial charge in [-0.3, -0.25) is 14.2 Å². The largest absolute Gasteiger partial charge is 0.494 e. The molecule has 1 amide bonds. The van der Waals surface area contributed by atoms with Crippen LogP contribution < -0.4 is 34.4 Å². The molecule has 1 aromatic heterocycles. The van der Waals surface area contributed by atoms with E-state index in [9.17, 15) is 9.59 Å². The van der Waals surface area contributed by atoms with E-state index in [-0.39, 0.29) is 11.5 Å². The molecule has 0 fully saturated rings. The number of amides is 1. The summed E-state index contributed by atoms with van der Waals surface area (Å²) in [5.74, 6) is 1.62. The fourth-order valence-corrected chi connectivity index (χ4v) is 7.35. The van der Waals surface area contributed by atoms with E-state index >= 15 is 0 Å². The molecule has 1 aliphatic heterocycles. The van der Waals surface area contributed by atoms with Crippen molar-refractivity contribution in [1.29, 1.82) is 0 Å². The van der Waals surface area contributed by atoms with Crippen molar-refractivity contribution in [3.8, 4) is 17.2 Å². The third kappa shape index (κ3) is 7.28. The lowest BCUT2D eigenvalue weighted by molar-refractivity contribution is -0.113. The predicted molar refractivity (Wildman–Crippen MR) is 199 cm³/mol. The monoisotopic (exact) mass is 687 g/mol. The van der Waals surface area contributed by atoms with Crippen LogP contribution in [0.5, 0.6) is 17.2 Å². The van der Waals surface area contributed by atoms with Crippen molar-refractivity contribution in [2.24, 2.45) is 4.99 Å². The van der Waals surface area contributed by atoms with Crippen LogP contribution in [0.3, 0.4) is 0 Å². The van der Waals surface area contributed by atoms with Crippen LogP contribution in [0, 0.1) is 20.8 Å². The molecule has 0 bridgehead atoms. The number of benzene rings is 4. The van der Waals surface area contributed by atoms with Crippen LogP contribution in [0.25, 0.3) is 6.08 Å². The van der Waals surface area contributed by atoms with Crippen LogP contribution in [-0.4, -0.2) is 23.7 Å². The summed E-state index contributed by atoms with van der Waals surface area (Å²) in [7, 11) is 0. The van der Waals surface area contributed by atoms with Crippen molar-refractivity contribution < 1.29 is 19.0 Å². The molecular formula is C41H41N3O5S. The van der Waals surface area contributed by atoms with Crippen molar-refractivity contribution in [3.05, 3.63) is 149 Å².